The minimum atomic E-state index is -3.60. The summed E-state index contributed by atoms with van der Waals surface area (Å²) in [6.45, 7) is 0.251. The molecule has 0 bridgehead atoms. The zero-order valence-electron chi connectivity index (χ0n) is 17.9. The normalized spacial score (nSPS) is 11.0. The number of sulfonamides is 1. The molecule has 10 heteroatoms. The Morgan fingerprint density at radius 2 is 1.59 bits per heavy atom. The van der Waals surface area contributed by atoms with Crippen molar-refractivity contribution >= 4 is 33.0 Å². The molecular weight excluding hydrogens is 452 g/mol. The van der Waals surface area contributed by atoms with E-state index < -0.39 is 10.0 Å². The predicted octanol–water partition coefficient (Wildman–Crippen LogP) is 3.43. The number of rotatable bonds is 10. The van der Waals surface area contributed by atoms with Crippen molar-refractivity contribution in [2.75, 3.05) is 26.1 Å². The SMILES string of the molecule is COc1cc(OC)c(OC)cc1CNC(=O)Cc1ccc(NS(=O)(=O)c2cccs2)cc1. The highest BCUT2D eigenvalue weighted by Gasteiger charge is 2.16. The van der Waals surface area contributed by atoms with Crippen molar-refractivity contribution in [3.8, 4) is 17.2 Å². The number of hydrogen-bond donors (Lipinski definition) is 2. The summed E-state index contributed by atoms with van der Waals surface area (Å²) in [5, 5.41) is 4.56. The summed E-state index contributed by atoms with van der Waals surface area (Å²) in [6.07, 6.45) is 0.146. The van der Waals surface area contributed by atoms with E-state index in [1.807, 2.05) is 0 Å². The lowest BCUT2D eigenvalue weighted by Gasteiger charge is -2.14. The molecule has 0 aliphatic carbocycles. The highest BCUT2D eigenvalue weighted by atomic mass is 32.2. The lowest BCUT2D eigenvalue weighted by molar-refractivity contribution is -0.120. The van der Waals surface area contributed by atoms with Crippen LogP contribution in [0.5, 0.6) is 17.2 Å². The minimum Gasteiger partial charge on any atom is -0.496 e. The van der Waals surface area contributed by atoms with Crippen LogP contribution in [0.25, 0.3) is 0 Å². The monoisotopic (exact) mass is 476 g/mol. The largest absolute Gasteiger partial charge is 0.496 e. The van der Waals surface area contributed by atoms with Crippen molar-refractivity contribution in [3.05, 3.63) is 65.0 Å². The van der Waals surface area contributed by atoms with Gasteiger partial charge in [-0.3, -0.25) is 9.52 Å². The molecule has 0 unspecified atom stereocenters. The molecule has 0 saturated carbocycles. The predicted molar refractivity (Wildman–Crippen MR) is 123 cm³/mol. The summed E-state index contributed by atoms with van der Waals surface area (Å²) in [5.41, 5.74) is 1.93. The van der Waals surface area contributed by atoms with Gasteiger partial charge in [0, 0.05) is 23.9 Å². The second kappa shape index (κ2) is 10.4. The first-order valence-electron chi connectivity index (χ1n) is 9.57. The summed E-state index contributed by atoms with van der Waals surface area (Å²) in [5.74, 6) is 1.46. The molecule has 2 N–H and O–H groups in total. The van der Waals surface area contributed by atoms with Crippen molar-refractivity contribution in [1.82, 2.24) is 5.32 Å². The Hall–Kier alpha value is -3.24. The Bertz CT molecular complexity index is 1160. The van der Waals surface area contributed by atoms with Gasteiger partial charge in [-0.05, 0) is 35.2 Å². The second-order valence-corrected chi connectivity index (χ2v) is 9.56. The third-order valence-corrected chi connectivity index (χ3v) is 7.37. The van der Waals surface area contributed by atoms with Crippen molar-refractivity contribution in [2.24, 2.45) is 0 Å². The number of ether oxygens (including phenoxy) is 3. The van der Waals surface area contributed by atoms with Gasteiger partial charge in [0.25, 0.3) is 10.0 Å². The molecule has 0 spiro atoms. The van der Waals surface area contributed by atoms with E-state index in [2.05, 4.69) is 10.0 Å². The maximum absolute atomic E-state index is 12.4. The highest BCUT2D eigenvalue weighted by molar-refractivity contribution is 7.94. The van der Waals surface area contributed by atoms with E-state index in [1.165, 1.54) is 14.2 Å². The van der Waals surface area contributed by atoms with Crippen LogP contribution in [0.2, 0.25) is 0 Å². The van der Waals surface area contributed by atoms with E-state index in [0.717, 1.165) is 22.5 Å². The van der Waals surface area contributed by atoms with Gasteiger partial charge in [-0.1, -0.05) is 18.2 Å². The molecule has 1 amide bonds. The van der Waals surface area contributed by atoms with E-state index in [-0.39, 0.29) is 23.1 Å². The van der Waals surface area contributed by atoms with Gasteiger partial charge in [0.1, 0.15) is 9.96 Å². The average Bonchev–Trinajstić information content (AvgIpc) is 3.34. The summed E-state index contributed by atoms with van der Waals surface area (Å²) in [6, 6.07) is 13.4. The number of hydrogen-bond acceptors (Lipinski definition) is 7. The maximum Gasteiger partial charge on any atom is 0.271 e. The average molecular weight is 477 g/mol. The molecule has 170 valence electrons. The Morgan fingerprint density at radius 1 is 0.938 bits per heavy atom. The van der Waals surface area contributed by atoms with Crippen LogP contribution in [0.3, 0.4) is 0 Å². The summed E-state index contributed by atoms with van der Waals surface area (Å²) < 4.78 is 43.3. The van der Waals surface area contributed by atoms with Gasteiger partial charge in [0.2, 0.25) is 5.91 Å². The molecule has 0 aliphatic rings. The lowest BCUT2D eigenvalue weighted by atomic mass is 10.1. The lowest BCUT2D eigenvalue weighted by Crippen LogP contribution is -2.24. The van der Waals surface area contributed by atoms with Crippen LogP contribution in [0, 0.1) is 0 Å². The zero-order chi connectivity index (χ0) is 23.1. The molecule has 0 atom stereocenters. The Labute approximate surface area is 191 Å². The van der Waals surface area contributed by atoms with Gasteiger partial charge in [-0.15, -0.1) is 11.3 Å². The highest BCUT2D eigenvalue weighted by Crippen LogP contribution is 2.34. The van der Waals surface area contributed by atoms with E-state index in [9.17, 15) is 13.2 Å². The van der Waals surface area contributed by atoms with E-state index in [1.54, 1.807) is 61.0 Å². The number of carbonyl (C=O) groups excluding carboxylic acids is 1. The van der Waals surface area contributed by atoms with Gasteiger partial charge in [0.05, 0.1) is 27.8 Å². The number of benzene rings is 2. The van der Waals surface area contributed by atoms with Crippen LogP contribution in [0.1, 0.15) is 11.1 Å². The zero-order valence-corrected chi connectivity index (χ0v) is 19.5. The quantitative estimate of drug-likeness (QED) is 0.465. The molecule has 8 nitrogen and oxygen atoms in total. The molecule has 1 aromatic heterocycles. The molecule has 0 radical (unpaired) electrons. The number of methoxy groups -OCH3 is 3. The maximum atomic E-state index is 12.4. The van der Waals surface area contributed by atoms with E-state index >= 15 is 0 Å². The van der Waals surface area contributed by atoms with Gasteiger partial charge in [-0.25, -0.2) is 8.42 Å². The van der Waals surface area contributed by atoms with Crippen LogP contribution in [0.4, 0.5) is 5.69 Å². The Morgan fingerprint density at radius 3 is 2.19 bits per heavy atom. The molecule has 3 rings (SSSR count). The number of carbonyl (C=O) groups is 1. The topological polar surface area (TPSA) is 103 Å². The molecular formula is C22H24N2O6S2. The minimum absolute atomic E-state index is 0.146. The van der Waals surface area contributed by atoms with Gasteiger partial charge < -0.3 is 19.5 Å². The third kappa shape index (κ3) is 5.71. The van der Waals surface area contributed by atoms with Gasteiger partial charge in [0.15, 0.2) is 11.5 Å². The molecule has 32 heavy (non-hydrogen) atoms. The fourth-order valence-corrected chi connectivity index (χ4v) is 5.04. The summed E-state index contributed by atoms with van der Waals surface area (Å²) >= 11 is 1.14. The molecule has 3 aromatic rings. The molecule has 0 saturated heterocycles. The second-order valence-electron chi connectivity index (χ2n) is 6.71. The first-order chi connectivity index (χ1) is 15.4. The third-order valence-electron chi connectivity index (χ3n) is 4.59. The van der Waals surface area contributed by atoms with E-state index in [0.29, 0.717) is 22.9 Å². The van der Waals surface area contributed by atoms with Crippen molar-refractivity contribution < 1.29 is 27.4 Å². The fourth-order valence-electron chi connectivity index (χ4n) is 2.98. The first-order valence-corrected chi connectivity index (χ1v) is 11.9. The summed E-state index contributed by atoms with van der Waals surface area (Å²) in [4.78, 5) is 12.4. The standard InChI is InChI=1S/C22H24N2O6S2/c1-28-18-13-20(30-3)19(29-2)12-16(18)14-23-21(25)11-15-6-8-17(9-7-15)24-32(26,27)22-5-4-10-31-22/h4-10,12-13,24H,11,14H2,1-3H3,(H,23,25). The molecule has 2 aromatic carbocycles. The van der Waals surface area contributed by atoms with Crippen LogP contribution in [-0.2, 0) is 27.8 Å². The number of amides is 1. The first kappa shape index (κ1) is 23.4. The van der Waals surface area contributed by atoms with Crippen LogP contribution in [-0.4, -0.2) is 35.7 Å². The van der Waals surface area contributed by atoms with Gasteiger partial charge >= 0.3 is 0 Å². The van der Waals surface area contributed by atoms with Crippen LogP contribution < -0.4 is 24.2 Å². The van der Waals surface area contributed by atoms with E-state index in [4.69, 9.17) is 14.2 Å². The van der Waals surface area contributed by atoms with Crippen LogP contribution >= 0.6 is 11.3 Å². The molecule has 1 heterocycles. The smallest absolute Gasteiger partial charge is 0.271 e. The summed E-state index contributed by atoms with van der Waals surface area (Å²) in [7, 11) is 1.02. The van der Waals surface area contributed by atoms with Gasteiger partial charge in [-0.2, -0.15) is 0 Å². The fraction of sp³-hybridized carbons (Fsp3) is 0.227. The number of thiophene rings is 1. The Balaban J connectivity index is 1.60. The van der Waals surface area contributed by atoms with Crippen molar-refractivity contribution in [3.63, 3.8) is 0 Å². The molecule has 0 fully saturated rings. The van der Waals surface area contributed by atoms with Crippen LogP contribution in [0.15, 0.2) is 58.1 Å². The van der Waals surface area contributed by atoms with Crippen molar-refractivity contribution in [2.45, 2.75) is 17.2 Å². The number of nitrogens with one attached hydrogen (secondary N) is 2. The Kier molecular flexibility index (Phi) is 7.60. The molecule has 0 aliphatic heterocycles. The number of anilines is 1. The van der Waals surface area contributed by atoms with Crippen molar-refractivity contribution in [1.29, 1.82) is 0 Å².